The van der Waals surface area contributed by atoms with Crippen LogP contribution in [0.25, 0.3) is 0 Å². The van der Waals surface area contributed by atoms with Crippen molar-refractivity contribution in [2.45, 2.75) is 13.8 Å². The van der Waals surface area contributed by atoms with Crippen LogP contribution in [0.4, 0.5) is 0 Å². The topological polar surface area (TPSA) is 0 Å². The van der Waals surface area contributed by atoms with Crippen molar-refractivity contribution in [2.24, 2.45) is 5.92 Å². The lowest BCUT2D eigenvalue weighted by atomic mass is 10.0. The highest BCUT2D eigenvalue weighted by molar-refractivity contribution is 5.41. The molecule has 0 spiro atoms. The van der Waals surface area contributed by atoms with Crippen molar-refractivity contribution in [3.05, 3.63) is 48.1 Å². The smallest absolute Gasteiger partial charge is 0.00697 e. The van der Waals surface area contributed by atoms with Gasteiger partial charge in [0.1, 0.15) is 0 Å². The zero-order chi connectivity index (χ0) is 8.27. The molecule has 0 bridgehead atoms. The second-order valence-electron chi connectivity index (χ2n) is 2.92. The number of hydrogen-bond acceptors (Lipinski definition) is 0. The van der Waals surface area contributed by atoms with E-state index in [2.05, 4.69) is 44.7 Å². The van der Waals surface area contributed by atoms with E-state index in [9.17, 15) is 0 Å². The van der Waals surface area contributed by atoms with E-state index in [0.717, 1.165) is 0 Å². The van der Waals surface area contributed by atoms with Gasteiger partial charge in [-0.15, -0.1) is 0 Å². The summed E-state index contributed by atoms with van der Waals surface area (Å²) < 4.78 is 0. The molecule has 0 heterocycles. The van der Waals surface area contributed by atoms with Crippen LogP contribution in [0.2, 0.25) is 0 Å². The van der Waals surface area contributed by atoms with Gasteiger partial charge in [-0.2, -0.15) is 0 Å². The zero-order valence-corrected chi connectivity index (χ0v) is 7.17. The summed E-state index contributed by atoms with van der Waals surface area (Å²) in [6.07, 6.45) is 10.5. The molecule has 1 aliphatic rings. The second kappa shape index (κ2) is 3.38. The predicted octanol–water partition coefficient (Wildman–Crippen LogP) is 3.25. The van der Waals surface area contributed by atoms with Crippen LogP contribution in [-0.2, 0) is 0 Å². The Morgan fingerprint density at radius 2 is 2.27 bits per heavy atom. The summed E-state index contributed by atoms with van der Waals surface area (Å²) in [5.41, 5.74) is 2.54. The summed E-state index contributed by atoms with van der Waals surface area (Å²) in [6, 6.07) is 0. The molecule has 58 valence electrons. The standard InChI is InChI=1S/C11H14/c1-4-11-8-9(2)6-5-7-10(11)3/h4-9H,1H2,2-3H3. The Kier molecular flexibility index (Phi) is 2.48. The number of hydrogen-bond donors (Lipinski definition) is 0. The van der Waals surface area contributed by atoms with E-state index in [-0.39, 0.29) is 0 Å². The highest BCUT2D eigenvalue weighted by Gasteiger charge is 2.00. The van der Waals surface area contributed by atoms with Gasteiger partial charge in [-0.3, -0.25) is 0 Å². The molecule has 1 atom stereocenters. The highest BCUT2D eigenvalue weighted by Crippen LogP contribution is 2.17. The van der Waals surface area contributed by atoms with E-state index in [1.807, 2.05) is 6.08 Å². The van der Waals surface area contributed by atoms with Crippen molar-refractivity contribution in [1.29, 1.82) is 0 Å². The second-order valence-corrected chi connectivity index (χ2v) is 2.92. The molecule has 0 aliphatic heterocycles. The fraction of sp³-hybridized carbons (Fsp3) is 0.273. The summed E-state index contributed by atoms with van der Waals surface area (Å²) in [5, 5.41) is 0. The zero-order valence-electron chi connectivity index (χ0n) is 7.17. The summed E-state index contributed by atoms with van der Waals surface area (Å²) in [5.74, 6) is 0.525. The lowest BCUT2D eigenvalue weighted by Gasteiger charge is -2.01. The third kappa shape index (κ3) is 1.94. The molecular weight excluding hydrogens is 132 g/mol. The van der Waals surface area contributed by atoms with E-state index in [1.165, 1.54) is 11.1 Å². The van der Waals surface area contributed by atoms with E-state index >= 15 is 0 Å². The molecule has 0 heteroatoms. The van der Waals surface area contributed by atoms with Crippen LogP contribution in [0.3, 0.4) is 0 Å². The normalized spacial score (nSPS) is 23.6. The molecule has 0 fully saturated rings. The van der Waals surface area contributed by atoms with Gasteiger partial charge in [0.15, 0.2) is 0 Å². The summed E-state index contributed by atoms with van der Waals surface area (Å²) in [4.78, 5) is 0. The summed E-state index contributed by atoms with van der Waals surface area (Å²) >= 11 is 0. The molecule has 1 rings (SSSR count). The van der Waals surface area contributed by atoms with Gasteiger partial charge >= 0.3 is 0 Å². The first kappa shape index (κ1) is 8.06. The Morgan fingerprint density at radius 1 is 1.55 bits per heavy atom. The molecular formula is C11H14. The van der Waals surface area contributed by atoms with Gasteiger partial charge in [0.25, 0.3) is 0 Å². The van der Waals surface area contributed by atoms with Crippen molar-refractivity contribution in [3.63, 3.8) is 0 Å². The molecule has 0 aromatic rings. The van der Waals surface area contributed by atoms with Crippen molar-refractivity contribution in [3.8, 4) is 0 Å². The van der Waals surface area contributed by atoms with Gasteiger partial charge in [-0.1, -0.05) is 43.9 Å². The molecule has 0 nitrogen and oxygen atoms in total. The third-order valence-corrected chi connectivity index (χ3v) is 1.88. The maximum Gasteiger partial charge on any atom is -0.00697 e. The molecule has 0 amide bonds. The molecule has 1 aliphatic carbocycles. The lowest BCUT2D eigenvalue weighted by Crippen LogP contribution is -1.84. The predicted molar refractivity (Wildman–Crippen MR) is 50.3 cm³/mol. The molecule has 11 heavy (non-hydrogen) atoms. The van der Waals surface area contributed by atoms with Gasteiger partial charge in [0.2, 0.25) is 0 Å². The Labute approximate surface area is 68.6 Å². The quantitative estimate of drug-likeness (QED) is 0.532. The minimum atomic E-state index is 0.525. The fourth-order valence-electron chi connectivity index (χ4n) is 1.17. The minimum Gasteiger partial charge on any atom is -0.0985 e. The number of rotatable bonds is 1. The fourth-order valence-corrected chi connectivity index (χ4v) is 1.17. The van der Waals surface area contributed by atoms with E-state index in [1.54, 1.807) is 0 Å². The van der Waals surface area contributed by atoms with Gasteiger partial charge in [0, 0.05) is 0 Å². The van der Waals surface area contributed by atoms with Crippen LogP contribution in [0.5, 0.6) is 0 Å². The Hall–Kier alpha value is -1.04. The van der Waals surface area contributed by atoms with Crippen molar-refractivity contribution in [1.82, 2.24) is 0 Å². The first-order chi connectivity index (χ1) is 5.24. The monoisotopic (exact) mass is 146 g/mol. The molecule has 1 unspecified atom stereocenters. The van der Waals surface area contributed by atoms with Crippen LogP contribution in [-0.4, -0.2) is 0 Å². The van der Waals surface area contributed by atoms with Crippen molar-refractivity contribution in [2.75, 3.05) is 0 Å². The third-order valence-electron chi connectivity index (χ3n) is 1.88. The Bertz CT molecular complexity index is 239. The first-order valence-electron chi connectivity index (χ1n) is 3.93. The molecule has 0 radical (unpaired) electrons. The highest BCUT2D eigenvalue weighted by atomic mass is 14.1. The summed E-state index contributed by atoms with van der Waals surface area (Å²) in [6.45, 7) is 8.05. The molecule has 0 N–H and O–H groups in total. The molecule has 0 saturated carbocycles. The van der Waals surface area contributed by atoms with Crippen molar-refractivity contribution < 1.29 is 0 Å². The van der Waals surface area contributed by atoms with Crippen LogP contribution in [0, 0.1) is 5.92 Å². The average Bonchev–Trinajstić information content (AvgIpc) is 2.13. The van der Waals surface area contributed by atoms with Crippen LogP contribution in [0.1, 0.15) is 13.8 Å². The van der Waals surface area contributed by atoms with Gasteiger partial charge in [-0.25, -0.2) is 0 Å². The largest absolute Gasteiger partial charge is 0.0985 e. The van der Waals surface area contributed by atoms with Gasteiger partial charge in [0.05, 0.1) is 0 Å². The van der Waals surface area contributed by atoms with E-state index < -0.39 is 0 Å². The van der Waals surface area contributed by atoms with Gasteiger partial charge in [-0.05, 0) is 24.0 Å². The average molecular weight is 146 g/mol. The Balaban J connectivity index is 2.98. The van der Waals surface area contributed by atoms with Crippen LogP contribution >= 0.6 is 0 Å². The Morgan fingerprint density at radius 3 is 2.91 bits per heavy atom. The maximum absolute atomic E-state index is 3.77. The summed E-state index contributed by atoms with van der Waals surface area (Å²) in [7, 11) is 0. The number of allylic oxidation sites excluding steroid dienone is 7. The minimum absolute atomic E-state index is 0.525. The van der Waals surface area contributed by atoms with Crippen LogP contribution in [0.15, 0.2) is 48.1 Å². The molecule has 0 aromatic carbocycles. The van der Waals surface area contributed by atoms with Crippen LogP contribution < -0.4 is 0 Å². The van der Waals surface area contributed by atoms with E-state index in [4.69, 9.17) is 0 Å². The molecule has 0 aromatic heterocycles. The SMILES string of the molecule is C=CC1=CC(C)C=CC=C1C. The lowest BCUT2D eigenvalue weighted by molar-refractivity contribution is 0.936. The van der Waals surface area contributed by atoms with Gasteiger partial charge < -0.3 is 0 Å². The molecule has 0 saturated heterocycles. The van der Waals surface area contributed by atoms with E-state index in [0.29, 0.717) is 5.92 Å². The maximum atomic E-state index is 3.77. The van der Waals surface area contributed by atoms with Crippen molar-refractivity contribution >= 4 is 0 Å². The first-order valence-corrected chi connectivity index (χ1v) is 3.93.